The predicted molar refractivity (Wildman–Crippen MR) is 83.4 cm³/mol. The highest BCUT2D eigenvalue weighted by molar-refractivity contribution is 9.10. The van der Waals surface area contributed by atoms with Crippen LogP contribution >= 0.6 is 15.9 Å². The van der Waals surface area contributed by atoms with Gasteiger partial charge in [-0.3, -0.25) is 4.72 Å². The molecule has 0 bridgehead atoms. The first kappa shape index (κ1) is 15.3. The summed E-state index contributed by atoms with van der Waals surface area (Å²) in [7, 11) is -2.04. The summed E-state index contributed by atoms with van der Waals surface area (Å²) in [5.74, 6) is 0.577. The lowest BCUT2D eigenvalue weighted by molar-refractivity contribution is 0.601. The van der Waals surface area contributed by atoms with Crippen molar-refractivity contribution in [3.8, 4) is 6.07 Å². The van der Waals surface area contributed by atoms with E-state index in [1.165, 1.54) is 24.4 Å². The summed E-state index contributed by atoms with van der Waals surface area (Å²) in [6.07, 6.45) is 1.27. The van der Waals surface area contributed by atoms with Gasteiger partial charge in [-0.05, 0) is 46.3 Å². The Bertz CT molecular complexity index is 798. The molecule has 0 aliphatic heterocycles. The van der Waals surface area contributed by atoms with Crippen molar-refractivity contribution in [1.82, 2.24) is 4.98 Å². The molecule has 0 saturated heterocycles. The highest BCUT2D eigenvalue weighted by atomic mass is 79.9. The number of nitrogens with zero attached hydrogens (tertiary/aromatic N) is 2. The van der Waals surface area contributed by atoms with Crippen LogP contribution in [0, 0.1) is 11.3 Å². The number of aromatic nitrogens is 1. The highest BCUT2D eigenvalue weighted by Crippen LogP contribution is 2.26. The van der Waals surface area contributed by atoms with Crippen molar-refractivity contribution < 1.29 is 8.42 Å². The Morgan fingerprint density at radius 1 is 1.29 bits per heavy atom. The lowest BCUT2D eigenvalue weighted by atomic mass is 10.2. The van der Waals surface area contributed by atoms with Gasteiger partial charge < -0.3 is 5.32 Å². The molecule has 1 heterocycles. The Morgan fingerprint density at radius 2 is 2.05 bits per heavy atom. The number of rotatable bonds is 4. The van der Waals surface area contributed by atoms with Crippen molar-refractivity contribution in [3.05, 3.63) is 46.6 Å². The minimum atomic E-state index is -3.73. The van der Waals surface area contributed by atoms with Crippen LogP contribution in [0.2, 0.25) is 0 Å². The van der Waals surface area contributed by atoms with Crippen LogP contribution in [-0.2, 0) is 10.0 Å². The van der Waals surface area contributed by atoms with Gasteiger partial charge in [0.1, 0.15) is 10.7 Å². The molecule has 6 nitrogen and oxygen atoms in total. The number of benzene rings is 1. The van der Waals surface area contributed by atoms with Gasteiger partial charge in [-0.15, -0.1) is 0 Å². The van der Waals surface area contributed by atoms with Gasteiger partial charge in [0, 0.05) is 17.7 Å². The summed E-state index contributed by atoms with van der Waals surface area (Å²) in [5.41, 5.74) is 0.788. The van der Waals surface area contributed by atoms with Crippen molar-refractivity contribution >= 4 is 37.5 Å². The molecule has 21 heavy (non-hydrogen) atoms. The van der Waals surface area contributed by atoms with E-state index in [1.807, 2.05) is 6.07 Å². The van der Waals surface area contributed by atoms with E-state index < -0.39 is 10.0 Å². The number of halogens is 1. The fraction of sp³-hybridized carbons (Fsp3) is 0.0769. The molecular weight excluding hydrogens is 356 g/mol. The van der Waals surface area contributed by atoms with E-state index in [4.69, 9.17) is 5.26 Å². The third-order valence-corrected chi connectivity index (χ3v) is 4.65. The number of hydrogen-bond acceptors (Lipinski definition) is 5. The van der Waals surface area contributed by atoms with Gasteiger partial charge in [0.05, 0.1) is 17.3 Å². The molecular formula is C13H11BrN4O2S. The Morgan fingerprint density at radius 3 is 2.57 bits per heavy atom. The van der Waals surface area contributed by atoms with Crippen LogP contribution in [0.4, 0.5) is 11.5 Å². The van der Waals surface area contributed by atoms with Gasteiger partial charge >= 0.3 is 0 Å². The van der Waals surface area contributed by atoms with E-state index in [1.54, 1.807) is 19.2 Å². The zero-order valence-electron chi connectivity index (χ0n) is 11.0. The second-order valence-electron chi connectivity index (χ2n) is 4.04. The number of pyridine rings is 1. The van der Waals surface area contributed by atoms with E-state index in [2.05, 4.69) is 31.0 Å². The molecule has 0 amide bonds. The van der Waals surface area contributed by atoms with Crippen molar-refractivity contribution in [3.63, 3.8) is 0 Å². The van der Waals surface area contributed by atoms with E-state index in [9.17, 15) is 8.42 Å². The quantitative estimate of drug-likeness (QED) is 0.866. The SMILES string of the molecule is CNc1ccc(S(=O)(=O)Nc2ccc(C#N)cc2Br)cn1. The average Bonchev–Trinajstić information content (AvgIpc) is 2.49. The van der Waals surface area contributed by atoms with Crippen molar-refractivity contribution in [1.29, 1.82) is 5.26 Å². The molecule has 0 unspecified atom stereocenters. The summed E-state index contributed by atoms with van der Waals surface area (Å²) in [5, 5.41) is 11.6. The topological polar surface area (TPSA) is 94.9 Å². The summed E-state index contributed by atoms with van der Waals surface area (Å²) >= 11 is 3.23. The average molecular weight is 367 g/mol. The molecule has 2 rings (SSSR count). The largest absolute Gasteiger partial charge is 0.373 e. The summed E-state index contributed by atoms with van der Waals surface area (Å²) in [6, 6.07) is 9.60. The molecule has 8 heteroatoms. The zero-order valence-corrected chi connectivity index (χ0v) is 13.4. The van der Waals surface area contributed by atoms with Gasteiger partial charge in [-0.1, -0.05) is 0 Å². The third kappa shape index (κ3) is 3.51. The molecule has 2 N–H and O–H groups in total. The van der Waals surface area contributed by atoms with Gasteiger partial charge in [-0.25, -0.2) is 13.4 Å². The zero-order chi connectivity index (χ0) is 15.5. The smallest absolute Gasteiger partial charge is 0.263 e. The predicted octanol–water partition coefficient (Wildman–Crippen LogP) is 2.56. The second kappa shape index (κ2) is 6.11. The van der Waals surface area contributed by atoms with Crippen LogP contribution in [0.5, 0.6) is 0 Å². The molecule has 1 aromatic heterocycles. The molecule has 0 aliphatic carbocycles. The van der Waals surface area contributed by atoms with Gasteiger partial charge in [0.25, 0.3) is 10.0 Å². The second-order valence-corrected chi connectivity index (χ2v) is 6.58. The van der Waals surface area contributed by atoms with Crippen LogP contribution in [0.15, 0.2) is 45.9 Å². The third-order valence-electron chi connectivity index (χ3n) is 2.65. The molecule has 2 aromatic rings. The van der Waals surface area contributed by atoms with Gasteiger partial charge in [0.2, 0.25) is 0 Å². The summed E-state index contributed by atoms with van der Waals surface area (Å²) in [4.78, 5) is 4.02. The first-order valence-corrected chi connectivity index (χ1v) is 8.10. The first-order chi connectivity index (χ1) is 9.96. The Labute approximate surface area is 131 Å². The van der Waals surface area contributed by atoms with Gasteiger partial charge in [-0.2, -0.15) is 5.26 Å². The maximum Gasteiger partial charge on any atom is 0.263 e. The van der Waals surface area contributed by atoms with Crippen LogP contribution in [0.3, 0.4) is 0 Å². The normalized spacial score (nSPS) is 10.7. The van der Waals surface area contributed by atoms with Gasteiger partial charge in [0.15, 0.2) is 0 Å². The van der Waals surface area contributed by atoms with Crippen molar-refractivity contribution in [2.75, 3.05) is 17.1 Å². The first-order valence-electron chi connectivity index (χ1n) is 5.82. The number of anilines is 2. The van der Waals surface area contributed by atoms with E-state index in [0.29, 0.717) is 21.5 Å². The maximum absolute atomic E-state index is 12.3. The van der Waals surface area contributed by atoms with Crippen LogP contribution in [-0.4, -0.2) is 20.4 Å². The fourth-order valence-corrected chi connectivity index (χ4v) is 3.19. The molecule has 0 saturated carbocycles. The Kier molecular flexibility index (Phi) is 4.45. The van der Waals surface area contributed by atoms with Crippen molar-refractivity contribution in [2.45, 2.75) is 4.90 Å². The number of nitriles is 1. The van der Waals surface area contributed by atoms with Crippen molar-refractivity contribution in [2.24, 2.45) is 0 Å². The molecule has 0 radical (unpaired) electrons. The molecule has 1 aromatic carbocycles. The van der Waals surface area contributed by atoms with E-state index >= 15 is 0 Å². The molecule has 0 atom stereocenters. The molecule has 0 spiro atoms. The lowest BCUT2D eigenvalue weighted by Gasteiger charge is -2.10. The van der Waals surface area contributed by atoms with Crippen LogP contribution in [0.1, 0.15) is 5.56 Å². The summed E-state index contributed by atoms with van der Waals surface area (Å²) in [6.45, 7) is 0. The number of hydrogen-bond donors (Lipinski definition) is 2. The monoisotopic (exact) mass is 366 g/mol. The molecule has 0 fully saturated rings. The summed E-state index contributed by atoms with van der Waals surface area (Å²) < 4.78 is 27.4. The fourth-order valence-electron chi connectivity index (χ4n) is 1.56. The number of sulfonamides is 1. The standard InChI is InChI=1S/C13H11BrN4O2S/c1-16-13-5-3-10(8-17-13)21(19,20)18-12-4-2-9(7-15)6-11(12)14/h2-6,8,18H,1H3,(H,16,17). The van der Waals surface area contributed by atoms with Crippen LogP contribution in [0.25, 0.3) is 0 Å². The van der Waals surface area contributed by atoms with Crippen LogP contribution < -0.4 is 10.0 Å². The van der Waals surface area contributed by atoms with E-state index in [-0.39, 0.29) is 4.90 Å². The maximum atomic E-state index is 12.3. The minimum absolute atomic E-state index is 0.0535. The highest BCUT2D eigenvalue weighted by Gasteiger charge is 2.16. The minimum Gasteiger partial charge on any atom is -0.373 e. The van der Waals surface area contributed by atoms with E-state index in [0.717, 1.165) is 0 Å². The Balaban J connectivity index is 2.30. The molecule has 0 aliphatic rings. The Hall–Kier alpha value is -2.11. The molecule has 108 valence electrons. The number of nitrogens with one attached hydrogen (secondary N) is 2. The lowest BCUT2D eigenvalue weighted by Crippen LogP contribution is -2.13.